The van der Waals surface area contributed by atoms with E-state index in [1.165, 1.54) is 10.5 Å². The molecular weight excluding hydrogens is 406 g/mol. The fraction of sp³-hybridized carbons (Fsp3) is 0.400. The van der Waals surface area contributed by atoms with Crippen molar-refractivity contribution >= 4 is 23.5 Å². The molecule has 1 N–H and O–H groups in total. The predicted molar refractivity (Wildman–Crippen MR) is 122 cm³/mol. The number of urea groups is 1. The molecule has 0 bridgehead atoms. The van der Waals surface area contributed by atoms with Crippen molar-refractivity contribution in [2.24, 2.45) is 5.92 Å². The minimum atomic E-state index is -0.320. The van der Waals surface area contributed by atoms with Gasteiger partial charge in [0.05, 0.1) is 11.1 Å². The maximum atomic E-state index is 12.8. The van der Waals surface area contributed by atoms with Crippen LogP contribution in [0.25, 0.3) is 0 Å². The molecule has 32 heavy (non-hydrogen) atoms. The highest BCUT2D eigenvalue weighted by Crippen LogP contribution is 2.27. The summed E-state index contributed by atoms with van der Waals surface area (Å²) in [5.41, 5.74) is 2.59. The smallest absolute Gasteiger partial charge is 0.321 e. The number of ether oxygens (including phenoxy) is 1. The minimum Gasteiger partial charge on any atom is -0.385 e. The van der Waals surface area contributed by atoms with E-state index in [-0.39, 0.29) is 17.8 Å². The second-order valence-electron chi connectivity index (χ2n) is 8.42. The van der Waals surface area contributed by atoms with E-state index in [9.17, 15) is 14.4 Å². The zero-order chi connectivity index (χ0) is 22.5. The number of imide groups is 1. The van der Waals surface area contributed by atoms with Crippen molar-refractivity contribution in [1.29, 1.82) is 0 Å². The molecule has 2 heterocycles. The molecule has 4 amide bonds. The fourth-order valence-corrected chi connectivity index (χ4v) is 4.43. The van der Waals surface area contributed by atoms with E-state index in [2.05, 4.69) is 29.6 Å². The monoisotopic (exact) mass is 435 g/mol. The molecule has 0 saturated carbocycles. The van der Waals surface area contributed by atoms with Crippen molar-refractivity contribution in [3.63, 3.8) is 0 Å². The predicted octanol–water partition coefficient (Wildman–Crippen LogP) is 3.81. The van der Waals surface area contributed by atoms with Gasteiger partial charge in [-0.3, -0.25) is 14.5 Å². The standard InChI is InChI=1S/C25H29N3O4/c1-32-15-5-12-28-23(29)21-9-8-20(17-22(21)24(28)30)26-25(31)27-13-10-19(11-14-27)16-18-6-3-2-4-7-18/h2-4,6-9,17,19H,5,10-16H2,1H3,(H,26,31). The summed E-state index contributed by atoms with van der Waals surface area (Å²) in [5, 5.41) is 2.89. The molecule has 168 valence electrons. The minimum absolute atomic E-state index is 0.170. The molecule has 2 aromatic rings. The Morgan fingerprint density at radius 3 is 2.47 bits per heavy atom. The van der Waals surface area contributed by atoms with Gasteiger partial charge in [-0.2, -0.15) is 0 Å². The molecule has 1 saturated heterocycles. The molecule has 2 aliphatic rings. The summed E-state index contributed by atoms with van der Waals surface area (Å²) < 4.78 is 5.00. The van der Waals surface area contributed by atoms with Gasteiger partial charge in [-0.05, 0) is 55.4 Å². The Labute approximate surface area is 188 Å². The number of methoxy groups -OCH3 is 1. The highest BCUT2D eigenvalue weighted by atomic mass is 16.5. The van der Waals surface area contributed by atoms with Gasteiger partial charge in [0.25, 0.3) is 11.8 Å². The van der Waals surface area contributed by atoms with Gasteiger partial charge in [0.15, 0.2) is 0 Å². The van der Waals surface area contributed by atoms with Crippen molar-refractivity contribution in [2.75, 3.05) is 38.7 Å². The number of nitrogens with one attached hydrogen (secondary N) is 1. The molecule has 2 aromatic carbocycles. The number of fused-ring (bicyclic) bond motifs is 1. The van der Waals surface area contributed by atoms with Crippen LogP contribution < -0.4 is 5.32 Å². The Morgan fingerprint density at radius 1 is 1.03 bits per heavy atom. The van der Waals surface area contributed by atoms with Crippen molar-refractivity contribution in [2.45, 2.75) is 25.7 Å². The molecule has 0 unspecified atom stereocenters. The Bertz CT molecular complexity index is 984. The molecular formula is C25H29N3O4. The number of carbonyl (C=O) groups excluding carboxylic acids is 3. The molecule has 4 rings (SSSR count). The third kappa shape index (κ3) is 4.83. The zero-order valence-electron chi connectivity index (χ0n) is 18.4. The quantitative estimate of drug-likeness (QED) is 0.530. The summed E-state index contributed by atoms with van der Waals surface area (Å²) in [6.07, 6.45) is 3.57. The van der Waals surface area contributed by atoms with E-state index in [0.29, 0.717) is 55.4 Å². The van der Waals surface area contributed by atoms with E-state index in [1.54, 1.807) is 25.3 Å². The number of amides is 4. The van der Waals surface area contributed by atoms with Crippen LogP contribution in [0.4, 0.5) is 10.5 Å². The Morgan fingerprint density at radius 2 is 1.75 bits per heavy atom. The van der Waals surface area contributed by atoms with Gasteiger partial charge < -0.3 is 15.0 Å². The van der Waals surface area contributed by atoms with E-state index < -0.39 is 0 Å². The topological polar surface area (TPSA) is 79.0 Å². The summed E-state index contributed by atoms with van der Waals surface area (Å²) in [6, 6.07) is 15.2. The zero-order valence-corrected chi connectivity index (χ0v) is 18.4. The van der Waals surface area contributed by atoms with Gasteiger partial charge in [0.1, 0.15) is 0 Å². The van der Waals surface area contributed by atoms with Crippen molar-refractivity contribution in [3.8, 4) is 0 Å². The van der Waals surface area contributed by atoms with Crippen LogP contribution in [0.1, 0.15) is 45.5 Å². The summed E-state index contributed by atoms with van der Waals surface area (Å²) >= 11 is 0. The van der Waals surface area contributed by atoms with Gasteiger partial charge in [-0.1, -0.05) is 30.3 Å². The number of nitrogens with zero attached hydrogens (tertiary/aromatic N) is 2. The number of hydrogen-bond acceptors (Lipinski definition) is 4. The number of anilines is 1. The van der Waals surface area contributed by atoms with Crippen LogP contribution in [-0.2, 0) is 11.2 Å². The molecule has 0 aliphatic carbocycles. The average molecular weight is 436 g/mol. The van der Waals surface area contributed by atoms with Crippen LogP contribution in [0, 0.1) is 5.92 Å². The number of rotatable bonds is 7. The van der Waals surface area contributed by atoms with Gasteiger partial charge in [-0.15, -0.1) is 0 Å². The number of piperidine rings is 1. The molecule has 0 atom stereocenters. The largest absolute Gasteiger partial charge is 0.385 e. The van der Waals surface area contributed by atoms with E-state index in [1.807, 2.05) is 11.0 Å². The second kappa shape index (κ2) is 9.96. The van der Waals surface area contributed by atoms with Crippen molar-refractivity contribution in [3.05, 3.63) is 65.2 Å². The lowest BCUT2D eigenvalue weighted by Gasteiger charge is -2.32. The summed E-state index contributed by atoms with van der Waals surface area (Å²) in [6.45, 7) is 2.22. The second-order valence-corrected chi connectivity index (χ2v) is 8.42. The van der Waals surface area contributed by atoms with Crippen LogP contribution in [0.5, 0.6) is 0 Å². The van der Waals surface area contributed by atoms with Crippen molar-refractivity contribution < 1.29 is 19.1 Å². The fourth-order valence-electron chi connectivity index (χ4n) is 4.43. The molecule has 1 fully saturated rings. The van der Waals surface area contributed by atoms with Crippen LogP contribution in [0.2, 0.25) is 0 Å². The van der Waals surface area contributed by atoms with Crippen molar-refractivity contribution in [1.82, 2.24) is 9.80 Å². The molecule has 7 nitrogen and oxygen atoms in total. The SMILES string of the molecule is COCCCN1C(=O)c2ccc(NC(=O)N3CCC(Cc4ccccc4)CC3)cc2C1=O. The number of hydrogen-bond donors (Lipinski definition) is 1. The molecule has 0 aromatic heterocycles. The number of carbonyl (C=O) groups is 3. The Balaban J connectivity index is 1.32. The van der Waals surface area contributed by atoms with Crippen LogP contribution in [0.15, 0.2) is 48.5 Å². The highest BCUT2D eigenvalue weighted by Gasteiger charge is 2.35. The van der Waals surface area contributed by atoms with Gasteiger partial charge >= 0.3 is 6.03 Å². The first kappa shape index (κ1) is 22.0. The maximum Gasteiger partial charge on any atom is 0.321 e. The maximum absolute atomic E-state index is 12.8. The lowest BCUT2D eigenvalue weighted by molar-refractivity contribution is 0.0638. The first-order chi connectivity index (χ1) is 15.6. The molecule has 0 spiro atoms. The number of likely N-dealkylation sites (tertiary alicyclic amines) is 1. The summed E-state index contributed by atoms with van der Waals surface area (Å²) in [7, 11) is 1.59. The summed E-state index contributed by atoms with van der Waals surface area (Å²) in [5.74, 6) is -0.0347. The van der Waals surface area contributed by atoms with Gasteiger partial charge in [-0.25, -0.2) is 4.79 Å². The average Bonchev–Trinajstić information content (AvgIpc) is 3.04. The molecule has 0 radical (unpaired) electrons. The van der Waals surface area contributed by atoms with E-state index in [0.717, 1.165) is 19.3 Å². The summed E-state index contributed by atoms with van der Waals surface area (Å²) in [4.78, 5) is 41.0. The lowest BCUT2D eigenvalue weighted by Crippen LogP contribution is -2.41. The van der Waals surface area contributed by atoms with Crippen LogP contribution in [0.3, 0.4) is 0 Å². The Hall–Kier alpha value is -3.19. The normalized spacial score (nSPS) is 16.4. The molecule has 2 aliphatic heterocycles. The highest BCUT2D eigenvalue weighted by molar-refractivity contribution is 6.21. The van der Waals surface area contributed by atoms with E-state index in [4.69, 9.17) is 4.74 Å². The van der Waals surface area contributed by atoms with Crippen LogP contribution >= 0.6 is 0 Å². The van der Waals surface area contributed by atoms with Gasteiger partial charge in [0, 0.05) is 39.0 Å². The Kier molecular flexibility index (Phi) is 6.85. The molecule has 7 heteroatoms. The van der Waals surface area contributed by atoms with Gasteiger partial charge in [0.2, 0.25) is 0 Å². The van der Waals surface area contributed by atoms with E-state index >= 15 is 0 Å². The number of benzene rings is 2. The first-order valence-electron chi connectivity index (χ1n) is 11.2. The van der Waals surface area contributed by atoms with Crippen LogP contribution in [-0.4, -0.2) is 61.0 Å². The first-order valence-corrected chi connectivity index (χ1v) is 11.2. The third-order valence-corrected chi connectivity index (χ3v) is 6.22. The lowest BCUT2D eigenvalue weighted by atomic mass is 9.90. The third-order valence-electron chi connectivity index (χ3n) is 6.22.